The van der Waals surface area contributed by atoms with E-state index < -0.39 is 18.3 Å². The summed E-state index contributed by atoms with van der Waals surface area (Å²) in [6, 6.07) is -0.254. The van der Waals surface area contributed by atoms with Crippen LogP contribution in [0.1, 0.15) is 38.5 Å². The van der Waals surface area contributed by atoms with Crippen LogP contribution in [0.2, 0.25) is 0 Å². The van der Waals surface area contributed by atoms with Gasteiger partial charge in [-0.1, -0.05) is 6.42 Å². The fraction of sp³-hybridized carbons (Fsp3) is 0.625. The first-order valence-corrected chi connectivity index (χ1v) is 8.04. The first-order valence-electron chi connectivity index (χ1n) is 8.04. The van der Waals surface area contributed by atoms with E-state index in [2.05, 4.69) is 21.0 Å². The van der Waals surface area contributed by atoms with Crippen LogP contribution in [-0.4, -0.2) is 52.2 Å². The fourth-order valence-electron chi connectivity index (χ4n) is 2.94. The molecule has 0 spiro atoms. The number of esters is 1. The molecule has 0 aromatic heterocycles. The van der Waals surface area contributed by atoms with E-state index in [0.717, 1.165) is 32.1 Å². The third-order valence-corrected chi connectivity index (χ3v) is 4.25. The van der Waals surface area contributed by atoms with Gasteiger partial charge in [0.15, 0.2) is 11.9 Å². The van der Waals surface area contributed by atoms with Crippen molar-refractivity contribution in [1.82, 2.24) is 5.32 Å². The molecule has 124 valence electrons. The van der Waals surface area contributed by atoms with E-state index in [-0.39, 0.29) is 23.7 Å². The van der Waals surface area contributed by atoms with Crippen LogP contribution in [-0.2, 0) is 9.53 Å². The number of aliphatic hydroxyl groups excluding tert-OH is 2. The molecule has 7 nitrogen and oxygen atoms in total. The van der Waals surface area contributed by atoms with E-state index in [9.17, 15) is 15.0 Å². The van der Waals surface area contributed by atoms with E-state index in [1.54, 1.807) is 6.20 Å². The molecule has 1 fully saturated rings. The Kier molecular flexibility index (Phi) is 4.91. The van der Waals surface area contributed by atoms with Crippen molar-refractivity contribution >= 4 is 17.5 Å². The first kappa shape index (κ1) is 15.9. The molecule has 0 amide bonds. The Morgan fingerprint density at radius 1 is 1.30 bits per heavy atom. The highest BCUT2D eigenvalue weighted by Crippen LogP contribution is 2.21. The Balaban J connectivity index is 1.72. The topological polar surface area (TPSA) is 104 Å². The second kappa shape index (κ2) is 7.08. The van der Waals surface area contributed by atoms with E-state index >= 15 is 0 Å². The van der Waals surface area contributed by atoms with Crippen LogP contribution in [0.4, 0.5) is 0 Å². The van der Waals surface area contributed by atoms with Gasteiger partial charge in [0.2, 0.25) is 0 Å². The smallest absolute Gasteiger partial charge is 0.355 e. The highest BCUT2D eigenvalue weighted by atomic mass is 16.5. The van der Waals surface area contributed by atoms with Crippen molar-refractivity contribution in [2.24, 2.45) is 9.98 Å². The summed E-state index contributed by atoms with van der Waals surface area (Å²) in [5, 5.41) is 22.9. The number of nitrogens with zero attached hydrogens (tertiary/aromatic N) is 2. The number of aliphatic hydroxyl groups is 2. The Labute approximate surface area is 134 Å². The van der Waals surface area contributed by atoms with Crippen LogP contribution in [0.3, 0.4) is 0 Å². The molecule has 0 bridgehead atoms. The molecule has 0 aromatic carbocycles. The minimum atomic E-state index is -1.45. The summed E-state index contributed by atoms with van der Waals surface area (Å²) in [5.41, 5.74) is 2.72. The number of ether oxygens (including phenoxy) is 1. The minimum absolute atomic E-state index is 0.135. The second-order valence-electron chi connectivity index (χ2n) is 5.98. The number of rotatable bonds is 3. The maximum Gasteiger partial charge on any atom is 0.355 e. The van der Waals surface area contributed by atoms with Gasteiger partial charge in [0.1, 0.15) is 18.0 Å². The van der Waals surface area contributed by atoms with Crippen molar-refractivity contribution in [1.29, 1.82) is 0 Å². The lowest BCUT2D eigenvalue weighted by Crippen LogP contribution is -2.46. The van der Waals surface area contributed by atoms with Gasteiger partial charge in [0, 0.05) is 12.6 Å². The molecule has 0 aromatic rings. The van der Waals surface area contributed by atoms with Crippen LogP contribution >= 0.6 is 0 Å². The Morgan fingerprint density at radius 2 is 2.09 bits per heavy atom. The molecule has 23 heavy (non-hydrogen) atoms. The van der Waals surface area contributed by atoms with Gasteiger partial charge in [-0.25, -0.2) is 14.8 Å². The van der Waals surface area contributed by atoms with E-state index in [1.807, 2.05) is 6.08 Å². The lowest BCUT2D eigenvalue weighted by atomic mass is 9.98. The predicted molar refractivity (Wildman–Crippen MR) is 84.0 cm³/mol. The molecule has 7 heteroatoms. The average Bonchev–Trinajstić information content (AvgIpc) is 2.58. The normalized spacial score (nSPS) is 31.1. The molecule has 0 radical (unpaired) electrons. The van der Waals surface area contributed by atoms with Crippen molar-refractivity contribution in [3.63, 3.8) is 0 Å². The molecular weight excluding hydrogens is 298 g/mol. The quantitative estimate of drug-likeness (QED) is 0.517. The zero-order valence-electron chi connectivity index (χ0n) is 12.8. The Bertz CT molecular complexity index is 576. The number of carbonyl (C=O) groups is 1. The van der Waals surface area contributed by atoms with Crippen molar-refractivity contribution < 1.29 is 19.7 Å². The summed E-state index contributed by atoms with van der Waals surface area (Å²) >= 11 is 0. The zero-order valence-corrected chi connectivity index (χ0v) is 12.8. The number of nitrogens with one attached hydrogen (secondary N) is 1. The molecule has 2 aliphatic heterocycles. The standard InChI is InChI=1S/C16H21N3O4/c20-13-12(16(22)23-10-6-2-1-3-7-10)18-14(19-15(13)21)11-8-4-5-9-17-11/h4,9-11,13,15,17,20-21H,1-3,6-8H2. The van der Waals surface area contributed by atoms with Gasteiger partial charge in [-0.2, -0.15) is 0 Å². The van der Waals surface area contributed by atoms with Crippen molar-refractivity contribution in [3.05, 3.63) is 18.0 Å². The van der Waals surface area contributed by atoms with Crippen molar-refractivity contribution in [2.75, 3.05) is 0 Å². The maximum absolute atomic E-state index is 12.3. The van der Waals surface area contributed by atoms with Gasteiger partial charge in [0.05, 0.1) is 6.04 Å². The van der Waals surface area contributed by atoms with E-state index in [1.165, 1.54) is 0 Å². The molecule has 3 atom stereocenters. The monoisotopic (exact) mass is 319 g/mol. The molecule has 3 unspecified atom stereocenters. The number of hydrogen-bond donors (Lipinski definition) is 3. The largest absolute Gasteiger partial charge is 0.458 e. The Morgan fingerprint density at radius 3 is 2.78 bits per heavy atom. The van der Waals surface area contributed by atoms with Crippen LogP contribution in [0, 0.1) is 0 Å². The van der Waals surface area contributed by atoms with Gasteiger partial charge in [-0.05, 0) is 31.8 Å². The molecule has 3 N–H and O–H groups in total. The van der Waals surface area contributed by atoms with Crippen molar-refractivity contribution in [3.8, 4) is 0 Å². The fourth-order valence-corrected chi connectivity index (χ4v) is 2.94. The summed E-state index contributed by atoms with van der Waals surface area (Å²) in [6.07, 6.45) is 5.92. The molecule has 1 saturated carbocycles. The predicted octanol–water partition coefficient (Wildman–Crippen LogP) is 0.425. The van der Waals surface area contributed by atoms with Crippen LogP contribution < -0.4 is 5.32 Å². The molecule has 1 aliphatic carbocycles. The number of aliphatic imine (C=N–C) groups is 2. The third-order valence-electron chi connectivity index (χ3n) is 4.25. The third kappa shape index (κ3) is 3.69. The van der Waals surface area contributed by atoms with Crippen LogP contribution in [0.5, 0.6) is 0 Å². The summed E-state index contributed by atoms with van der Waals surface area (Å²) in [6.45, 7) is 0. The summed E-state index contributed by atoms with van der Waals surface area (Å²) < 4.78 is 5.44. The second-order valence-corrected chi connectivity index (χ2v) is 5.98. The highest BCUT2D eigenvalue weighted by molar-refractivity contribution is 6.40. The lowest BCUT2D eigenvalue weighted by molar-refractivity contribution is -0.143. The van der Waals surface area contributed by atoms with Gasteiger partial charge in [0.25, 0.3) is 0 Å². The van der Waals surface area contributed by atoms with Crippen molar-refractivity contribution in [2.45, 2.75) is 63.0 Å². The zero-order chi connectivity index (χ0) is 16.2. The summed E-state index contributed by atoms with van der Waals surface area (Å²) in [4.78, 5) is 20.4. The Hall–Kier alpha value is -1.95. The lowest BCUT2D eigenvalue weighted by Gasteiger charge is -2.27. The summed E-state index contributed by atoms with van der Waals surface area (Å²) in [5.74, 6) is -0.384. The minimum Gasteiger partial charge on any atom is -0.458 e. The number of hydrogen-bond acceptors (Lipinski definition) is 7. The van der Waals surface area contributed by atoms with Crippen LogP contribution in [0.25, 0.3) is 0 Å². The summed E-state index contributed by atoms with van der Waals surface area (Å²) in [7, 11) is 0. The van der Waals surface area contributed by atoms with Gasteiger partial charge >= 0.3 is 5.97 Å². The number of amidine groups is 1. The SMILES string of the molecule is O=C(OC1CCCCC1)C1=NC(C2CC=C=CN2)=NC(O)C1O. The van der Waals surface area contributed by atoms with Gasteiger partial charge in [-0.3, -0.25) is 0 Å². The van der Waals surface area contributed by atoms with E-state index in [4.69, 9.17) is 4.74 Å². The van der Waals surface area contributed by atoms with Gasteiger partial charge in [-0.15, -0.1) is 5.73 Å². The molecule has 0 saturated heterocycles. The molecule has 3 rings (SSSR count). The van der Waals surface area contributed by atoms with Gasteiger partial charge < -0.3 is 20.3 Å². The molecule has 3 aliphatic rings. The highest BCUT2D eigenvalue weighted by Gasteiger charge is 2.35. The average molecular weight is 319 g/mol. The van der Waals surface area contributed by atoms with E-state index in [0.29, 0.717) is 6.42 Å². The molecule has 2 heterocycles. The van der Waals surface area contributed by atoms with Crippen LogP contribution in [0.15, 0.2) is 28.0 Å². The molecular formula is C16H21N3O4. The number of carbonyl (C=O) groups excluding carboxylic acids is 1. The maximum atomic E-state index is 12.3. The first-order chi connectivity index (χ1) is 11.1.